The van der Waals surface area contributed by atoms with E-state index in [1.807, 2.05) is 17.7 Å². The first kappa shape index (κ1) is 14.2. The third-order valence-electron chi connectivity index (χ3n) is 2.79. The molecule has 0 aliphatic heterocycles. The second-order valence-corrected chi connectivity index (χ2v) is 5.88. The highest BCUT2D eigenvalue weighted by atomic mass is 127. The molecule has 0 amide bonds. The summed E-state index contributed by atoms with van der Waals surface area (Å²) in [4.78, 5) is 19.4. The van der Waals surface area contributed by atoms with Crippen LogP contribution >= 0.6 is 22.6 Å². The van der Waals surface area contributed by atoms with Crippen LogP contribution in [0.1, 0.15) is 26.5 Å². The van der Waals surface area contributed by atoms with Gasteiger partial charge in [0.15, 0.2) is 5.82 Å². The number of halogens is 1. The predicted octanol–water partition coefficient (Wildman–Crippen LogP) is 2.46. The summed E-state index contributed by atoms with van der Waals surface area (Å²) < 4.78 is 2.50. The lowest BCUT2D eigenvalue weighted by Gasteiger charge is -2.09. The van der Waals surface area contributed by atoms with Crippen molar-refractivity contribution in [3.05, 3.63) is 31.9 Å². The molecule has 0 bridgehead atoms. The Labute approximate surface area is 125 Å². The number of aryl methyl sites for hydroxylation is 1. The maximum absolute atomic E-state index is 12.0. The lowest BCUT2D eigenvalue weighted by Crippen LogP contribution is -2.18. The summed E-state index contributed by atoms with van der Waals surface area (Å²) in [5, 5.41) is 4.21. The van der Waals surface area contributed by atoms with Crippen molar-refractivity contribution in [2.24, 2.45) is 5.92 Å². The number of hydrogen-bond acceptors (Lipinski definition) is 3. The topological polar surface area (TPSA) is 63.6 Å². The molecular weight excluding hydrogens is 355 g/mol. The van der Waals surface area contributed by atoms with Gasteiger partial charge in [-0.3, -0.25) is 9.48 Å². The highest BCUT2D eigenvalue weighted by molar-refractivity contribution is 14.1. The van der Waals surface area contributed by atoms with Crippen molar-refractivity contribution in [3.63, 3.8) is 0 Å². The molecule has 0 aromatic carbocycles. The molecule has 102 valence electrons. The van der Waals surface area contributed by atoms with E-state index in [0.717, 1.165) is 24.4 Å². The van der Waals surface area contributed by atoms with Crippen LogP contribution < -0.4 is 5.56 Å². The molecule has 0 aliphatic rings. The van der Waals surface area contributed by atoms with Crippen LogP contribution in [0.4, 0.5) is 0 Å². The zero-order chi connectivity index (χ0) is 14.0. The number of aromatic nitrogens is 4. The third-order valence-corrected chi connectivity index (χ3v) is 3.90. The molecule has 2 aromatic rings. The normalized spacial score (nSPS) is 11.2. The molecule has 0 saturated heterocycles. The fourth-order valence-corrected chi connectivity index (χ4v) is 2.41. The fourth-order valence-electron chi connectivity index (χ4n) is 1.93. The average molecular weight is 372 g/mol. The largest absolute Gasteiger partial charge is 0.304 e. The molecule has 2 aromatic heterocycles. The minimum atomic E-state index is -0.0786. The van der Waals surface area contributed by atoms with Gasteiger partial charge in [-0.15, -0.1) is 0 Å². The second kappa shape index (κ2) is 5.85. The van der Waals surface area contributed by atoms with E-state index in [4.69, 9.17) is 0 Å². The monoisotopic (exact) mass is 372 g/mol. The molecule has 0 atom stereocenters. The molecule has 2 rings (SSSR count). The van der Waals surface area contributed by atoms with Crippen LogP contribution in [0.2, 0.25) is 0 Å². The van der Waals surface area contributed by atoms with Gasteiger partial charge in [0.2, 0.25) is 0 Å². The van der Waals surface area contributed by atoms with Crippen molar-refractivity contribution in [3.8, 4) is 11.5 Å². The van der Waals surface area contributed by atoms with Gasteiger partial charge in [0.05, 0.1) is 9.26 Å². The smallest absolute Gasteiger partial charge is 0.264 e. The summed E-state index contributed by atoms with van der Waals surface area (Å²) in [7, 11) is 0. The lowest BCUT2D eigenvalue weighted by molar-refractivity contribution is 0.628. The van der Waals surface area contributed by atoms with E-state index in [1.165, 1.54) is 0 Å². The molecular formula is C13H17IN4O. The summed E-state index contributed by atoms with van der Waals surface area (Å²) in [6.45, 7) is 7.00. The number of nitrogens with zero attached hydrogens (tertiary/aromatic N) is 3. The Morgan fingerprint density at radius 3 is 2.84 bits per heavy atom. The summed E-state index contributed by atoms with van der Waals surface area (Å²) in [6.07, 6.45) is 2.52. The van der Waals surface area contributed by atoms with Gasteiger partial charge in [-0.2, -0.15) is 5.10 Å². The molecule has 5 nitrogen and oxygen atoms in total. The molecule has 0 unspecified atom stereocenters. The zero-order valence-corrected chi connectivity index (χ0v) is 13.4. The first-order valence-corrected chi connectivity index (χ1v) is 7.41. The van der Waals surface area contributed by atoms with Crippen molar-refractivity contribution in [1.29, 1.82) is 0 Å². The number of H-pyrrole nitrogens is 1. The molecule has 1 N–H and O–H groups in total. The molecule has 0 radical (unpaired) electrons. The van der Waals surface area contributed by atoms with Crippen LogP contribution in [0.25, 0.3) is 11.5 Å². The molecule has 0 fully saturated rings. The van der Waals surface area contributed by atoms with Gasteiger partial charge in [-0.1, -0.05) is 13.8 Å². The van der Waals surface area contributed by atoms with Gasteiger partial charge in [0.1, 0.15) is 5.69 Å². The van der Waals surface area contributed by atoms with Gasteiger partial charge < -0.3 is 4.98 Å². The first-order valence-electron chi connectivity index (χ1n) is 6.33. The predicted molar refractivity (Wildman–Crippen MR) is 83.0 cm³/mol. The highest BCUT2D eigenvalue weighted by Gasteiger charge is 2.13. The Balaban J connectivity index is 2.53. The quantitative estimate of drug-likeness (QED) is 0.839. The summed E-state index contributed by atoms with van der Waals surface area (Å²) in [6, 6.07) is 1.87. The maximum atomic E-state index is 12.0. The number of aromatic amines is 1. The van der Waals surface area contributed by atoms with Crippen molar-refractivity contribution in [1.82, 2.24) is 19.7 Å². The fraction of sp³-hybridized carbons (Fsp3) is 0.462. The Morgan fingerprint density at radius 2 is 2.21 bits per heavy atom. The van der Waals surface area contributed by atoms with Crippen LogP contribution in [0.15, 0.2) is 17.1 Å². The Hall–Kier alpha value is -1.18. The summed E-state index contributed by atoms with van der Waals surface area (Å²) in [5.41, 5.74) is 1.63. The number of hydrogen-bond donors (Lipinski definition) is 1. The third kappa shape index (κ3) is 3.05. The molecule has 19 heavy (non-hydrogen) atoms. The molecule has 0 saturated carbocycles. The van der Waals surface area contributed by atoms with Gasteiger partial charge in [0.25, 0.3) is 5.56 Å². The number of nitrogens with one attached hydrogen (secondary N) is 1. The van der Waals surface area contributed by atoms with Crippen LogP contribution in [0.3, 0.4) is 0 Å². The molecule has 6 heteroatoms. The van der Waals surface area contributed by atoms with Gasteiger partial charge in [-0.25, -0.2) is 4.98 Å². The van der Waals surface area contributed by atoms with Crippen LogP contribution in [-0.4, -0.2) is 19.7 Å². The average Bonchev–Trinajstić information content (AvgIpc) is 2.82. The van der Waals surface area contributed by atoms with Gasteiger partial charge in [0, 0.05) is 12.7 Å². The first-order chi connectivity index (χ1) is 9.02. The summed E-state index contributed by atoms with van der Waals surface area (Å²) in [5.74, 6) is 1.06. The molecule has 0 aliphatic carbocycles. The lowest BCUT2D eigenvalue weighted by atomic mass is 10.1. The van der Waals surface area contributed by atoms with Crippen LogP contribution in [0.5, 0.6) is 0 Å². The summed E-state index contributed by atoms with van der Waals surface area (Å²) >= 11 is 2.06. The van der Waals surface area contributed by atoms with E-state index in [-0.39, 0.29) is 5.56 Å². The molecule has 2 heterocycles. The highest BCUT2D eigenvalue weighted by Crippen LogP contribution is 2.17. The van der Waals surface area contributed by atoms with Gasteiger partial charge in [-0.05, 0) is 47.9 Å². The minimum absolute atomic E-state index is 0.0786. The van der Waals surface area contributed by atoms with Gasteiger partial charge >= 0.3 is 0 Å². The Kier molecular flexibility index (Phi) is 4.38. The van der Waals surface area contributed by atoms with Crippen LogP contribution in [-0.2, 0) is 13.0 Å². The van der Waals surface area contributed by atoms with Crippen molar-refractivity contribution in [2.45, 2.75) is 33.7 Å². The van der Waals surface area contributed by atoms with E-state index in [0.29, 0.717) is 15.3 Å². The number of rotatable bonds is 4. The second-order valence-electron chi connectivity index (χ2n) is 4.81. The van der Waals surface area contributed by atoms with Crippen molar-refractivity contribution in [2.75, 3.05) is 0 Å². The van der Waals surface area contributed by atoms with E-state index in [2.05, 4.69) is 51.5 Å². The van der Waals surface area contributed by atoms with E-state index in [1.54, 1.807) is 6.20 Å². The van der Waals surface area contributed by atoms with Crippen LogP contribution in [0, 0.1) is 9.49 Å². The van der Waals surface area contributed by atoms with Crippen molar-refractivity contribution >= 4 is 22.6 Å². The Bertz CT molecular complexity index is 630. The maximum Gasteiger partial charge on any atom is 0.264 e. The minimum Gasteiger partial charge on any atom is -0.304 e. The van der Waals surface area contributed by atoms with E-state index < -0.39 is 0 Å². The van der Waals surface area contributed by atoms with E-state index >= 15 is 0 Å². The SMILES string of the molecule is CCn1nccc1-c1nc(CC(C)C)c(I)c(=O)[nH]1. The zero-order valence-electron chi connectivity index (χ0n) is 11.3. The standard InChI is InChI=1S/C13H17IN4O/c1-4-18-10(5-6-15-18)12-16-9(7-8(2)3)11(14)13(19)17-12/h5-6,8H,4,7H2,1-3H3,(H,16,17,19). The molecule has 0 spiro atoms. The van der Waals surface area contributed by atoms with E-state index in [9.17, 15) is 4.79 Å². The Morgan fingerprint density at radius 1 is 1.47 bits per heavy atom. The van der Waals surface area contributed by atoms with Crippen molar-refractivity contribution < 1.29 is 0 Å².